The average molecular weight is 140 g/mol. The van der Waals surface area contributed by atoms with Gasteiger partial charge in [0.1, 0.15) is 6.61 Å². The number of fused-ring (bicyclic) bond motifs is 1. The molecule has 0 aromatic rings. The molecule has 1 saturated carbocycles. The second-order valence-corrected chi connectivity index (χ2v) is 3.21. The highest BCUT2D eigenvalue weighted by molar-refractivity contribution is 5.84. The van der Waals surface area contributed by atoms with Gasteiger partial charge >= 0.3 is 0 Å². The van der Waals surface area contributed by atoms with Gasteiger partial charge < -0.3 is 4.74 Å². The van der Waals surface area contributed by atoms with E-state index in [-0.39, 0.29) is 5.92 Å². The maximum atomic E-state index is 11.1. The van der Waals surface area contributed by atoms with Gasteiger partial charge in [-0.05, 0) is 12.8 Å². The number of ketones is 1. The van der Waals surface area contributed by atoms with Crippen molar-refractivity contribution in [2.45, 2.75) is 31.8 Å². The lowest BCUT2D eigenvalue weighted by Crippen LogP contribution is -2.23. The van der Waals surface area contributed by atoms with Crippen LogP contribution in [-0.2, 0) is 9.53 Å². The van der Waals surface area contributed by atoms with E-state index >= 15 is 0 Å². The van der Waals surface area contributed by atoms with Crippen molar-refractivity contribution in [2.24, 2.45) is 5.92 Å². The number of carbonyl (C=O) groups excluding carboxylic acids is 1. The summed E-state index contributed by atoms with van der Waals surface area (Å²) in [7, 11) is 0. The largest absolute Gasteiger partial charge is 0.370 e. The van der Waals surface area contributed by atoms with Crippen LogP contribution in [-0.4, -0.2) is 18.5 Å². The Morgan fingerprint density at radius 3 is 2.90 bits per heavy atom. The Morgan fingerprint density at radius 2 is 2.10 bits per heavy atom. The van der Waals surface area contributed by atoms with Gasteiger partial charge in [-0.2, -0.15) is 0 Å². The van der Waals surface area contributed by atoms with Crippen molar-refractivity contribution >= 4 is 5.78 Å². The summed E-state index contributed by atoms with van der Waals surface area (Å²) in [5.74, 6) is 0.610. The van der Waals surface area contributed by atoms with E-state index in [1.54, 1.807) is 0 Å². The van der Waals surface area contributed by atoms with Crippen molar-refractivity contribution in [2.75, 3.05) is 6.61 Å². The first-order valence-corrected chi connectivity index (χ1v) is 4.02. The fourth-order valence-electron chi connectivity index (χ4n) is 1.96. The molecule has 1 aliphatic carbocycles. The van der Waals surface area contributed by atoms with Crippen molar-refractivity contribution < 1.29 is 9.53 Å². The Hall–Kier alpha value is -0.370. The first kappa shape index (κ1) is 6.35. The number of hydrogen-bond donors (Lipinski definition) is 0. The van der Waals surface area contributed by atoms with Crippen LogP contribution in [0.25, 0.3) is 0 Å². The summed E-state index contributed by atoms with van der Waals surface area (Å²) in [5.41, 5.74) is 0. The molecule has 10 heavy (non-hydrogen) atoms. The Bertz CT molecular complexity index is 153. The molecule has 0 bridgehead atoms. The summed E-state index contributed by atoms with van der Waals surface area (Å²) < 4.78 is 5.32. The molecule has 0 N–H and O–H groups in total. The van der Waals surface area contributed by atoms with E-state index in [0.29, 0.717) is 18.5 Å². The van der Waals surface area contributed by atoms with Gasteiger partial charge in [0.05, 0.1) is 6.10 Å². The third-order valence-corrected chi connectivity index (χ3v) is 2.56. The molecule has 0 amide bonds. The van der Waals surface area contributed by atoms with Crippen molar-refractivity contribution in [1.82, 2.24) is 0 Å². The molecule has 1 aliphatic heterocycles. The van der Waals surface area contributed by atoms with E-state index in [1.807, 2.05) is 0 Å². The quantitative estimate of drug-likeness (QED) is 0.504. The SMILES string of the molecule is O=C1CO[C@@H]2CCCC[C@@H]12. The molecule has 2 nitrogen and oxygen atoms in total. The number of hydrogen-bond acceptors (Lipinski definition) is 2. The zero-order valence-electron chi connectivity index (χ0n) is 6.01. The van der Waals surface area contributed by atoms with Crippen molar-refractivity contribution in [3.05, 3.63) is 0 Å². The highest BCUT2D eigenvalue weighted by atomic mass is 16.5. The molecule has 1 saturated heterocycles. The Kier molecular flexibility index (Phi) is 1.49. The molecule has 2 rings (SSSR count). The highest BCUT2D eigenvalue weighted by Crippen LogP contribution is 2.31. The normalized spacial score (nSPS) is 39.8. The molecule has 0 unspecified atom stereocenters. The molecule has 0 aromatic carbocycles. The molecule has 0 aromatic heterocycles. The van der Waals surface area contributed by atoms with Crippen LogP contribution in [0.15, 0.2) is 0 Å². The van der Waals surface area contributed by atoms with Crippen molar-refractivity contribution in [3.8, 4) is 0 Å². The van der Waals surface area contributed by atoms with Crippen LogP contribution in [0.1, 0.15) is 25.7 Å². The molecule has 1 heterocycles. The van der Waals surface area contributed by atoms with Gasteiger partial charge in [-0.15, -0.1) is 0 Å². The lowest BCUT2D eigenvalue weighted by Gasteiger charge is -2.21. The van der Waals surface area contributed by atoms with Gasteiger partial charge in [-0.3, -0.25) is 4.79 Å². The summed E-state index contributed by atoms with van der Waals surface area (Å²) in [6.07, 6.45) is 4.94. The van der Waals surface area contributed by atoms with Crippen LogP contribution in [0, 0.1) is 5.92 Å². The van der Waals surface area contributed by atoms with Crippen LogP contribution in [0.5, 0.6) is 0 Å². The lowest BCUT2D eigenvalue weighted by molar-refractivity contribution is -0.120. The van der Waals surface area contributed by atoms with Crippen LogP contribution in [0.2, 0.25) is 0 Å². The molecular formula is C8H12O2. The highest BCUT2D eigenvalue weighted by Gasteiger charge is 2.36. The summed E-state index contributed by atoms with van der Waals surface area (Å²) in [4.78, 5) is 11.1. The third-order valence-electron chi connectivity index (χ3n) is 2.56. The van der Waals surface area contributed by atoms with Gasteiger partial charge in [-0.25, -0.2) is 0 Å². The van der Waals surface area contributed by atoms with E-state index in [9.17, 15) is 4.79 Å². The minimum Gasteiger partial charge on any atom is -0.370 e. The van der Waals surface area contributed by atoms with Gasteiger partial charge in [-0.1, -0.05) is 12.8 Å². The number of ether oxygens (including phenoxy) is 1. The maximum Gasteiger partial charge on any atom is 0.164 e. The molecule has 0 spiro atoms. The van der Waals surface area contributed by atoms with Crippen molar-refractivity contribution in [3.63, 3.8) is 0 Å². The second-order valence-electron chi connectivity index (χ2n) is 3.21. The van der Waals surface area contributed by atoms with Gasteiger partial charge in [0.15, 0.2) is 5.78 Å². The molecule has 2 aliphatic rings. The predicted molar refractivity (Wildman–Crippen MR) is 36.7 cm³/mol. The number of carbonyl (C=O) groups is 1. The predicted octanol–water partition coefficient (Wildman–Crippen LogP) is 1.14. The molecule has 56 valence electrons. The lowest BCUT2D eigenvalue weighted by atomic mass is 9.86. The zero-order chi connectivity index (χ0) is 6.97. The topological polar surface area (TPSA) is 26.3 Å². The smallest absolute Gasteiger partial charge is 0.164 e. The van der Waals surface area contributed by atoms with E-state index < -0.39 is 0 Å². The molecule has 0 radical (unpaired) electrons. The van der Waals surface area contributed by atoms with Gasteiger partial charge in [0, 0.05) is 5.92 Å². The van der Waals surface area contributed by atoms with E-state index in [2.05, 4.69) is 0 Å². The van der Waals surface area contributed by atoms with Crippen LogP contribution < -0.4 is 0 Å². The minimum absolute atomic E-state index is 0.272. The Labute approximate surface area is 60.6 Å². The van der Waals surface area contributed by atoms with Gasteiger partial charge in [0.25, 0.3) is 0 Å². The van der Waals surface area contributed by atoms with Crippen LogP contribution >= 0.6 is 0 Å². The zero-order valence-corrected chi connectivity index (χ0v) is 6.01. The summed E-state index contributed by atoms with van der Waals surface area (Å²) in [6.45, 7) is 0.384. The molecule has 2 heteroatoms. The molecule has 2 atom stereocenters. The average Bonchev–Trinajstić information content (AvgIpc) is 2.34. The summed E-state index contributed by atoms with van der Waals surface area (Å²) in [6, 6.07) is 0. The van der Waals surface area contributed by atoms with E-state index in [0.717, 1.165) is 12.8 Å². The fourth-order valence-corrected chi connectivity index (χ4v) is 1.96. The van der Waals surface area contributed by atoms with Crippen LogP contribution in [0.4, 0.5) is 0 Å². The Balaban J connectivity index is 2.08. The summed E-state index contributed by atoms with van der Waals surface area (Å²) >= 11 is 0. The van der Waals surface area contributed by atoms with Crippen molar-refractivity contribution in [1.29, 1.82) is 0 Å². The van der Waals surface area contributed by atoms with Crippen LogP contribution in [0.3, 0.4) is 0 Å². The fraction of sp³-hybridized carbons (Fsp3) is 0.875. The van der Waals surface area contributed by atoms with E-state index in [1.165, 1.54) is 12.8 Å². The monoisotopic (exact) mass is 140 g/mol. The second kappa shape index (κ2) is 2.35. The maximum absolute atomic E-state index is 11.1. The minimum atomic E-state index is 0.272. The number of rotatable bonds is 0. The first-order valence-electron chi connectivity index (χ1n) is 4.02. The Morgan fingerprint density at radius 1 is 1.30 bits per heavy atom. The van der Waals surface area contributed by atoms with Gasteiger partial charge in [0.2, 0.25) is 0 Å². The first-order chi connectivity index (χ1) is 4.88. The molecule has 2 fully saturated rings. The standard InChI is InChI=1S/C8H12O2/c9-7-5-10-8-4-2-1-3-6(7)8/h6,8H,1-5H2/t6-,8+/m0/s1. The third kappa shape index (κ3) is 0.870. The molecular weight excluding hydrogens is 128 g/mol. The van der Waals surface area contributed by atoms with E-state index in [4.69, 9.17) is 4.74 Å². The summed E-state index contributed by atoms with van der Waals surface area (Å²) in [5, 5.41) is 0. The number of Topliss-reactive ketones (excluding diaryl/α,β-unsaturated/α-hetero) is 1.